The number of rotatable bonds is 7. The van der Waals surface area contributed by atoms with Crippen molar-refractivity contribution in [2.24, 2.45) is 0 Å². The molecule has 0 atom stereocenters. The molecule has 7 heteroatoms. The third kappa shape index (κ3) is 4.81. The lowest BCUT2D eigenvalue weighted by Crippen LogP contribution is -2.32. The van der Waals surface area contributed by atoms with Crippen molar-refractivity contribution in [1.82, 2.24) is 9.47 Å². The highest BCUT2D eigenvalue weighted by molar-refractivity contribution is 5.88. The first-order valence-corrected chi connectivity index (χ1v) is 11.6. The fourth-order valence-electron chi connectivity index (χ4n) is 5.10. The van der Waals surface area contributed by atoms with Gasteiger partial charge in [0.25, 0.3) is 0 Å². The van der Waals surface area contributed by atoms with Gasteiger partial charge >= 0.3 is 5.97 Å². The lowest BCUT2D eigenvalue weighted by atomic mass is 9.89. The van der Waals surface area contributed by atoms with Crippen LogP contribution < -0.4 is 0 Å². The predicted molar refractivity (Wildman–Crippen MR) is 123 cm³/mol. The molecular formula is C26H29FN2O4. The smallest absolute Gasteiger partial charge is 0.338 e. The first-order valence-electron chi connectivity index (χ1n) is 11.6. The molecule has 1 aromatic heterocycles. The largest absolute Gasteiger partial charge is 0.478 e. The van der Waals surface area contributed by atoms with E-state index in [1.807, 2.05) is 0 Å². The number of hydrogen-bond acceptors (Lipinski definition) is 4. The molecule has 0 radical (unpaired) electrons. The van der Waals surface area contributed by atoms with E-state index >= 15 is 0 Å². The molecule has 0 unspecified atom stereocenters. The van der Waals surface area contributed by atoms with E-state index in [1.54, 1.807) is 6.07 Å². The number of ether oxygens (including phenoxy) is 2. The molecule has 3 heterocycles. The van der Waals surface area contributed by atoms with Crippen molar-refractivity contribution in [3.8, 4) is 0 Å². The Hall–Kier alpha value is -2.74. The van der Waals surface area contributed by atoms with Crippen LogP contribution in [-0.4, -0.2) is 53.1 Å². The Morgan fingerprint density at radius 1 is 1.09 bits per heavy atom. The number of aromatic carboxylic acids is 1. The van der Waals surface area contributed by atoms with Crippen LogP contribution in [0.4, 0.5) is 4.39 Å². The summed E-state index contributed by atoms with van der Waals surface area (Å²) in [5.74, 6) is -1.43. The Balaban J connectivity index is 1.26. The predicted octanol–water partition coefficient (Wildman–Crippen LogP) is 4.62. The van der Waals surface area contributed by atoms with Crippen molar-refractivity contribution in [1.29, 1.82) is 0 Å². The summed E-state index contributed by atoms with van der Waals surface area (Å²) >= 11 is 0. The minimum absolute atomic E-state index is 0.106. The Morgan fingerprint density at radius 2 is 1.85 bits per heavy atom. The molecule has 174 valence electrons. The SMILES string of the molecule is O=C(O)c1cc(CN2CCC(c3cn(CCC4OCCO4)c4ccccc34)CC2)ccc1F. The number of carboxylic acids is 1. The van der Waals surface area contributed by atoms with E-state index in [2.05, 4.69) is 39.9 Å². The van der Waals surface area contributed by atoms with Crippen LogP contribution in [0.15, 0.2) is 48.7 Å². The summed E-state index contributed by atoms with van der Waals surface area (Å²) in [6.45, 7) is 4.70. The van der Waals surface area contributed by atoms with Crippen molar-refractivity contribution in [3.63, 3.8) is 0 Å². The first kappa shape index (κ1) is 22.1. The van der Waals surface area contributed by atoms with Crippen molar-refractivity contribution in [2.45, 2.75) is 44.6 Å². The van der Waals surface area contributed by atoms with Gasteiger partial charge in [-0.15, -0.1) is 0 Å². The quantitative estimate of drug-likeness (QED) is 0.567. The number of carbonyl (C=O) groups is 1. The molecule has 0 saturated carbocycles. The summed E-state index contributed by atoms with van der Waals surface area (Å²) in [5, 5.41) is 10.5. The summed E-state index contributed by atoms with van der Waals surface area (Å²) in [5.41, 5.74) is 3.22. The van der Waals surface area contributed by atoms with Gasteiger partial charge in [-0.05, 0) is 61.2 Å². The zero-order chi connectivity index (χ0) is 22.8. The number of benzene rings is 2. The van der Waals surface area contributed by atoms with Crippen LogP contribution in [0.25, 0.3) is 10.9 Å². The number of nitrogens with zero attached hydrogens (tertiary/aromatic N) is 2. The van der Waals surface area contributed by atoms with Crippen molar-refractivity contribution >= 4 is 16.9 Å². The molecule has 2 fully saturated rings. The molecule has 3 aromatic rings. The average Bonchev–Trinajstić information content (AvgIpc) is 3.47. The number of hydrogen-bond donors (Lipinski definition) is 1. The van der Waals surface area contributed by atoms with Gasteiger partial charge in [0, 0.05) is 36.6 Å². The van der Waals surface area contributed by atoms with E-state index in [0.717, 1.165) is 44.5 Å². The molecule has 2 aromatic carbocycles. The van der Waals surface area contributed by atoms with Crippen LogP contribution in [0.3, 0.4) is 0 Å². The number of fused-ring (bicyclic) bond motifs is 1. The summed E-state index contributed by atoms with van der Waals surface area (Å²) in [6.07, 6.45) is 5.11. The average molecular weight is 453 g/mol. The molecule has 5 rings (SSSR count). The number of carboxylic acid groups (broad SMARTS) is 1. The Kier molecular flexibility index (Phi) is 6.44. The van der Waals surface area contributed by atoms with Gasteiger partial charge in [-0.25, -0.2) is 9.18 Å². The molecule has 0 spiro atoms. The van der Waals surface area contributed by atoms with E-state index in [0.29, 0.717) is 25.7 Å². The van der Waals surface area contributed by atoms with E-state index < -0.39 is 11.8 Å². The Labute approximate surface area is 192 Å². The van der Waals surface area contributed by atoms with E-state index in [1.165, 1.54) is 28.6 Å². The lowest BCUT2D eigenvalue weighted by Gasteiger charge is -2.32. The number of aryl methyl sites for hydroxylation is 1. The van der Waals surface area contributed by atoms with Gasteiger partial charge in [-0.3, -0.25) is 4.90 Å². The van der Waals surface area contributed by atoms with Gasteiger partial charge in [0.2, 0.25) is 0 Å². The number of aromatic nitrogens is 1. The molecule has 2 aliphatic rings. The van der Waals surface area contributed by atoms with Crippen LogP contribution in [0.5, 0.6) is 0 Å². The second kappa shape index (κ2) is 9.63. The third-order valence-corrected chi connectivity index (χ3v) is 6.81. The normalized spacial score (nSPS) is 18.3. The van der Waals surface area contributed by atoms with Gasteiger partial charge in [0.1, 0.15) is 5.82 Å². The van der Waals surface area contributed by atoms with Gasteiger partial charge in [0.15, 0.2) is 6.29 Å². The maximum absolute atomic E-state index is 13.7. The minimum Gasteiger partial charge on any atom is -0.478 e. The highest BCUT2D eigenvalue weighted by Crippen LogP contribution is 2.35. The van der Waals surface area contributed by atoms with E-state index in [9.17, 15) is 14.3 Å². The van der Waals surface area contributed by atoms with Crippen molar-refractivity contribution in [2.75, 3.05) is 26.3 Å². The zero-order valence-corrected chi connectivity index (χ0v) is 18.6. The molecule has 0 bridgehead atoms. The number of likely N-dealkylation sites (tertiary alicyclic amines) is 1. The molecule has 0 amide bonds. The first-order chi connectivity index (χ1) is 16.1. The minimum atomic E-state index is -1.23. The maximum Gasteiger partial charge on any atom is 0.338 e. The summed E-state index contributed by atoms with van der Waals surface area (Å²) in [4.78, 5) is 13.5. The van der Waals surface area contributed by atoms with Crippen LogP contribution in [0, 0.1) is 5.82 Å². The van der Waals surface area contributed by atoms with Gasteiger partial charge < -0.3 is 19.1 Å². The topological polar surface area (TPSA) is 63.9 Å². The molecule has 1 N–H and O–H groups in total. The molecule has 6 nitrogen and oxygen atoms in total. The van der Waals surface area contributed by atoms with Gasteiger partial charge in [0.05, 0.1) is 18.8 Å². The molecular weight excluding hydrogens is 423 g/mol. The second-order valence-corrected chi connectivity index (χ2v) is 8.92. The van der Waals surface area contributed by atoms with Gasteiger partial charge in [-0.2, -0.15) is 0 Å². The Morgan fingerprint density at radius 3 is 2.61 bits per heavy atom. The number of halogens is 1. The van der Waals surface area contributed by atoms with Crippen LogP contribution in [0.1, 0.15) is 46.7 Å². The standard InChI is InChI=1S/C26H29FN2O4/c27-23-6-5-18(15-21(23)26(30)31)16-28-10-7-19(8-11-28)22-17-29(12-9-25-32-13-14-33-25)24-4-2-1-3-20(22)24/h1-6,15,17,19,25H,7-14,16H2,(H,30,31). The van der Waals surface area contributed by atoms with Crippen LogP contribution >= 0.6 is 0 Å². The van der Waals surface area contributed by atoms with Crippen molar-refractivity contribution in [3.05, 3.63) is 71.2 Å². The molecule has 33 heavy (non-hydrogen) atoms. The highest BCUT2D eigenvalue weighted by atomic mass is 19.1. The second-order valence-electron chi connectivity index (χ2n) is 8.92. The number of piperidine rings is 1. The highest BCUT2D eigenvalue weighted by Gasteiger charge is 2.25. The third-order valence-electron chi connectivity index (χ3n) is 6.81. The maximum atomic E-state index is 13.7. The van der Waals surface area contributed by atoms with Gasteiger partial charge in [-0.1, -0.05) is 24.3 Å². The fraction of sp³-hybridized carbons (Fsp3) is 0.423. The summed E-state index contributed by atoms with van der Waals surface area (Å²) < 4.78 is 27.2. The summed E-state index contributed by atoms with van der Waals surface area (Å²) in [6, 6.07) is 13.0. The molecule has 2 aliphatic heterocycles. The van der Waals surface area contributed by atoms with Crippen LogP contribution in [0.2, 0.25) is 0 Å². The van der Waals surface area contributed by atoms with E-state index in [-0.39, 0.29) is 11.9 Å². The zero-order valence-electron chi connectivity index (χ0n) is 18.6. The molecule has 2 saturated heterocycles. The fourth-order valence-corrected chi connectivity index (χ4v) is 5.10. The lowest BCUT2D eigenvalue weighted by molar-refractivity contribution is -0.0488. The van der Waals surface area contributed by atoms with Crippen LogP contribution in [-0.2, 0) is 22.6 Å². The number of para-hydroxylation sites is 1. The molecule has 0 aliphatic carbocycles. The van der Waals surface area contributed by atoms with E-state index in [4.69, 9.17) is 9.47 Å². The summed E-state index contributed by atoms with van der Waals surface area (Å²) in [7, 11) is 0. The van der Waals surface area contributed by atoms with Crippen molar-refractivity contribution < 1.29 is 23.8 Å². The monoisotopic (exact) mass is 452 g/mol. The Bertz CT molecular complexity index is 1130.